The Bertz CT molecular complexity index is 1270. The summed E-state index contributed by atoms with van der Waals surface area (Å²) in [5, 5.41) is 13.5. The molecule has 1 saturated heterocycles. The van der Waals surface area contributed by atoms with Crippen molar-refractivity contribution in [2.45, 2.75) is 39.7 Å². The van der Waals surface area contributed by atoms with Gasteiger partial charge in [-0.2, -0.15) is 0 Å². The number of Topliss-reactive ketones (excluding diaryl/α,β-unsaturated/α-hetero) is 1. The fourth-order valence-electron chi connectivity index (χ4n) is 4.80. The first-order valence-corrected chi connectivity index (χ1v) is 11.3. The van der Waals surface area contributed by atoms with E-state index in [1.165, 1.54) is 7.11 Å². The molecule has 0 radical (unpaired) electrons. The lowest BCUT2D eigenvalue weighted by Crippen LogP contribution is -2.30. The molecule has 4 rings (SSSR count). The number of nitrogens with zero attached hydrogens (tertiary/aromatic N) is 1. The number of benzene rings is 3. The van der Waals surface area contributed by atoms with E-state index < -0.39 is 17.7 Å². The predicted octanol–water partition coefficient (Wildman–Crippen LogP) is 5.69. The molecule has 1 heterocycles. The van der Waals surface area contributed by atoms with Crippen LogP contribution in [0.4, 0.5) is 0 Å². The number of likely N-dealkylation sites (tertiary alicyclic amines) is 1. The second kappa shape index (κ2) is 9.10. The molecule has 3 aromatic rings. The van der Waals surface area contributed by atoms with Gasteiger partial charge in [0.05, 0.1) is 24.3 Å². The van der Waals surface area contributed by atoms with Crippen LogP contribution in [0.2, 0.25) is 0 Å². The van der Waals surface area contributed by atoms with Gasteiger partial charge < -0.3 is 14.7 Å². The van der Waals surface area contributed by atoms with Gasteiger partial charge in [0.25, 0.3) is 11.7 Å². The molecule has 1 unspecified atom stereocenters. The van der Waals surface area contributed by atoms with E-state index >= 15 is 0 Å². The molecule has 0 aliphatic carbocycles. The molecule has 5 heteroatoms. The second-order valence-corrected chi connectivity index (χ2v) is 8.58. The molecule has 5 nitrogen and oxygen atoms in total. The smallest absolute Gasteiger partial charge is 0.295 e. The van der Waals surface area contributed by atoms with Gasteiger partial charge in [-0.3, -0.25) is 9.59 Å². The van der Waals surface area contributed by atoms with Crippen LogP contribution in [0.1, 0.15) is 48.1 Å². The lowest BCUT2D eigenvalue weighted by molar-refractivity contribution is -0.139. The molecule has 1 amide bonds. The Hall–Kier alpha value is -3.60. The Morgan fingerprint density at radius 3 is 2.52 bits per heavy atom. The van der Waals surface area contributed by atoms with Crippen LogP contribution in [0.15, 0.2) is 60.2 Å². The predicted molar refractivity (Wildman–Crippen MR) is 130 cm³/mol. The molecule has 3 aromatic carbocycles. The highest BCUT2D eigenvalue weighted by atomic mass is 16.5. The highest BCUT2D eigenvalue weighted by Gasteiger charge is 2.46. The summed E-state index contributed by atoms with van der Waals surface area (Å²) in [5.41, 5.74) is 3.13. The van der Waals surface area contributed by atoms with E-state index in [1.54, 1.807) is 11.0 Å². The van der Waals surface area contributed by atoms with Gasteiger partial charge in [0.1, 0.15) is 11.5 Å². The van der Waals surface area contributed by atoms with E-state index in [0.29, 0.717) is 17.9 Å². The van der Waals surface area contributed by atoms with Crippen molar-refractivity contribution in [3.05, 3.63) is 82.4 Å². The summed E-state index contributed by atoms with van der Waals surface area (Å²) in [6, 6.07) is 16.8. The van der Waals surface area contributed by atoms with Gasteiger partial charge in [0.2, 0.25) is 0 Å². The van der Waals surface area contributed by atoms with Gasteiger partial charge in [-0.1, -0.05) is 61.9 Å². The van der Waals surface area contributed by atoms with Crippen LogP contribution < -0.4 is 4.74 Å². The third-order valence-corrected chi connectivity index (χ3v) is 6.29. The molecule has 0 bridgehead atoms. The van der Waals surface area contributed by atoms with Gasteiger partial charge in [-0.05, 0) is 53.8 Å². The maximum atomic E-state index is 13.3. The number of amides is 1. The second-order valence-electron chi connectivity index (χ2n) is 8.58. The van der Waals surface area contributed by atoms with Crippen molar-refractivity contribution in [3.63, 3.8) is 0 Å². The van der Waals surface area contributed by atoms with Crippen molar-refractivity contribution < 1.29 is 19.4 Å². The highest BCUT2D eigenvalue weighted by Crippen LogP contribution is 2.43. The molecular weight excluding hydrogens is 414 g/mol. The van der Waals surface area contributed by atoms with Crippen LogP contribution in [-0.4, -0.2) is 35.4 Å². The van der Waals surface area contributed by atoms with Crippen molar-refractivity contribution in [2.24, 2.45) is 0 Å². The molecule has 33 heavy (non-hydrogen) atoms. The number of aryl methyl sites for hydroxylation is 2. The Kier molecular flexibility index (Phi) is 6.23. The van der Waals surface area contributed by atoms with Crippen LogP contribution in [0.5, 0.6) is 5.75 Å². The molecule has 170 valence electrons. The average Bonchev–Trinajstić information content (AvgIpc) is 3.06. The van der Waals surface area contributed by atoms with Crippen molar-refractivity contribution in [1.82, 2.24) is 4.90 Å². The zero-order valence-corrected chi connectivity index (χ0v) is 19.5. The first-order chi connectivity index (χ1) is 15.9. The fourth-order valence-corrected chi connectivity index (χ4v) is 4.80. The molecule has 1 aliphatic heterocycles. The van der Waals surface area contributed by atoms with Crippen molar-refractivity contribution >= 4 is 28.2 Å². The molecule has 0 saturated carbocycles. The quantitative estimate of drug-likeness (QED) is 0.302. The van der Waals surface area contributed by atoms with Crippen LogP contribution in [0.3, 0.4) is 0 Å². The number of ether oxygens (including phenoxy) is 1. The number of hydrogen-bond acceptors (Lipinski definition) is 4. The van der Waals surface area contributed by atoms with E-state index in [2.05, 4.69) is 0 Å². The molecule has 1 fully saturated rings. The number of fused-ring (bicyclic) bond motifs is 1. The van der Waals surface area contributed by atoms with Crippen LogP contribution >= 0.6 is 0 Å². The standard InChI is InChI=1S/C28H29NO4/c1-5-6-14-29-24(21-13-9-11-19-10-7-8-12-20(19)21)23(26(31)28(29)32)25(30)22-16-17(2)15-18(3)27(22)33-4/h7-13,15-16,24,30H,5-6,14H2,1-4H3/b25-23+. The minimum atomic E-state index is -0.673. The normalized spacial score (nSPS) is 17.7. The molecule has 1 N–H and O–H groups in total. The number of unbranched alkanes of at least 4 members (excludes halogenated alkanes) is 1. The molecule has 0 aromatic heterocycles. The zero-order valence-electron chi connectivity index (χ0n) is 19.5. The fraction of sp³-hybridized carbons (Fsp3) is 0.286. The Labute approximate surface area is 194 Å². The van der Waals surface area contributed by atoms with Crippen LogP contribution in [0, 0.1) is 13.8 Å². The molecule has 0 spiro atoms. The van der Waals surface area contributed by atoms with Gasteiger partial charge >= 0.3 is 0 Å². The molecular formula is C28H29NO4. The summed E-state index contributed by atoms with van der Waals surface area (Å²) in [6.07, 6.45) is 1.65. The van der Waals surface area contributed by atoms with Crippen LogP contribution in [0.25, 0.3) is 16.5 Å². The van der Waals surface area contributed by atoms with Gasteiger partial charge in [0.15, 0.2) is 0 Å². The SMILES string of the molecule is CCCCN1C(=O)C(=O)/C(=C(/O)c2cc(C)cc(C)c2OC)C1c1cccc2ccccc12. The van der Waals surface area contributed by atoms with Crippen molar-refractivity contribution in [3.8, 4) is 5.75 Å². The van der Waals surface area contributed by atoms with E-state index in [0.717, 1.165) is 40.3 Å². The van der Waals surface area contributed by atoms with E-state index in [4.69, 9.17) is 4.74 Å². The van der Waals surface area contributed by atoms with Gasteiger partial charge in [-0.15, -0.1) is 0 Å². The first-order valence-electron chi connectivity index (χ1n) is 11.3. The number of rotatable bonds is 6. The Morgan fingerprint density at radius 1 is 1.06 bits per heavy atom. The summed E-state index contributed by atoms with van der Waals surface area (Å²) < 4.78 is 5.57. The number of aliphatic hydroxyl groups is 1. The van der Waals surface area contributed by atoms with E-state index in [1.807, 2.05) is 69.3 Å². The van der Waals surface area contributed by atoms with E-state index in [9.17, 15) is 14.7 Å². The summed E-state index contributed by atoms with van der Waals surface area (Å²) in [5.74, 6) is -0.947. The number of carbonyl (C=O) groups excluding carboxylic acids is 2. The topological polar surface area (TPSA) is 66.8 Å². The van der Waals surface area contributed by atoms with Crippen molar-refractivity contribution in [2.75, 3.05) is 13.7 Å². The van der Waals surface area contributed by atoms with E-state index in [-0.39, 0.29) is 11.3 Å². The van der Waals surface area contributed by atoms with Crippen molar-refractivity contribution in [1.29, 1.82) is 0 Å². The minimum absolute atomic E-state index is 0.107. The first kappa shape index (κ1) is 22.6. The maximum absolute atomic E-state index is 13.3. The lowest BCUT2D eigenvalue weighted by atomic mass is 9.91. The Morgan fingerprint density at radius 2 is 1.79 bits per heavy atom. The Balaban J connectivity index is 2.01. The number of aliphatic hydroxyl groups excluding tert-OH is 1. The number of hydrogen-bond donors (Lipinski definition) is 1. The highest BCUT2D eigenvalue weighted by molar-refractivity contribution is 6.46. The average molecular weight is 444 g/mol. The summed E-state index contributed by atoms with van der Waals surface area (Å²) >= 11 is 0. The summed E-state index contributed by atoms with van der Waals surface area (Å²) in [7, 11) is 1.54. The third-order valence-electron chi connectivity index (χ3n) is 6.29. The summed E-state index contributed by atoms with van der Waals surface area (Å²) in [4.78, 5) is 28.1. The number of ketones is 1. The lowest BCUT2D eigenvalue weighted by Gasteiger charge is -2.26. The van der Waals surface area contributed by atoms with Gasteiger partial charge in [0, 0.05) is 6.54 Å². The minimum Gasteiger partial charge on any atom is -0.507 e. The number of methoxy groups -OCH3 is 1. The number of carbonyl (C=O) groups is 2. The molecule has 1 atom stereocenters. The monoisotopic (exact) mass is 443 g/mol. The summed E-state index contributed by atoms with van der Waals surface area (Å²) in [6.45, 7) is 6.30. The third kappa shape index (κ3) is 3.88. The van der Waals surface area contributed by atoms with Crippen LogP contribution in [-0.2, 0) is 9.59 Å². The largest absolute Gasteiger partial charge is 0.507 e. The zero-order chi connectivity index (χ0) is 23.7. The maximum Gasteiger partial charge on any atom is 0.295 e. The molecule has 1 aliphatic rings. The van der Waals surface area contributed by atoms with Gasteiger partial charge in [-0.25, -0.2) is 0 Å².